The number of hydrogen-bond acceptors (Lipinski definition) is 4. The number of rotatable bonds is 6. The summed E-state index contributed by atoms with van der Waals surface area (Å²) in [5.41, 5.74) is 3.69. The van der Waals surface area contributed by atoms with Gasteiger partial charge in [-0.1, -0.05) is 72.3 Å². The van der Waals surface area contributed by atoms with Gasteiger partial charge in [-0.25, -0.2) is 9.78 Å². The second kappa shape index (κ2) is 8.73. The number of ether oxygens (including phenoxy) is 2. The van der Waals surface area contributed by atoms with Crippen LogP contribution >= 0.6 is 11.6 Å². The fourth-order valence-corrected chi connectivity index (χ4v) is 3.81. The van der Waals surface area contributed by atoms with E-state index in [9.17, 15) is 4.79 Å². The van der Waals surface area contributed by atoms with Crippen LogP contribution in [0.2, 0.25) is 5.15 Å². The standard InChI is InChI=1S/C26H19ClN2O3/c27-25-24-21(14-23(29-25)26(30)32-16-18-9-5-2-6-10-18)20-12-11-19(13-22(20)28-24)31-15-17-7-3-1-4-8-17/h1-14,28H,15-16H2. The number of pyridine rings is 1. The minimum atomic E-state index is -0.519. The first-order chi connectivity index (χ1) is 15.7. The van der Waals surface area contributed by atoms with Crippen molar-refractivity contribution in [3.8, 4) is 5.75 Å². The number of benzene rings is 3. The van der Waals surface area contributed by atoms with Gasteiger partial charge in [0, 0.05) is 16.8 Å². The molecule has 0 unspecified atom stereocenters. The zero-order valence-electron chi connectivity index (χ0n) is 17.0. The van der Waals surface area contributed by atoms with E-state index < -0.39 is 5.97 Å². The molecule has 0 fully saturated rings. The molecular formula is C26H19ClN2O3. The second-order valence-corrected chi connectivity index (χ2v) is 7.75. The maximum atomic E-state index is 12.6. The molecule has 0 aliphatic carbocycles. The van der Waals surface area contributed by atoms with E-state index in [2.05, 4.69) is 9.97 Å². The van der Waals surface area contributed by atoms with E-state index in [4.69, 9.17) is 21.1 Å². The Morgan fingerprint density at radius 2 is 1.53 bits per heavy atom. The number of fused-ring (bicyclic) bond motifs is 3. The van der Waals surface area contributed by atoms with Crippen LogP contribution in [0.1, 0.15) is 21.6 Å². The summed E-state index contributed by atoms with van der Waals surface area (Å²) in [5, 5.41) is 1.95. The van der Waals surface area contributed by atoms with Gasteiger partial charge in [-0.2, -0.15) is 0 Å². The van der Waals surface area contributed by atoms with Crippen LogP contribution in [0.4, 0.5) is 0 Å². The third kappa shape index (κ3) is 4.15. The molecule has 158 valence electrons. The Balaban J connectivity index is 1.40. The molecule has 5 nitrogen and oxygen atoms in total. The third-order valence-corrected chi connectivity index (χ3v) is 5.46. The lowest BCUT2D eigenvalue weighted by Crippen LogP contribution is -2.07. The van der Waals surface area contributed by atoms with Crippen LogP contribution in [0, 0.1) is 0 Å². The van der Waals surface area contributed by atoms with Gasteiger partial charge >= 0.3 is 5.97 Å². The predicted molar refractivity (Wildman–Crippen MR) is 125 cm³/mol. The van der Waals surface area contributed by atoms with Crippen molar-refractivity contribution in [1.29, 1.82) is 0 Å². The topological polar surface area (TPSA) is 64.2 Å². The molecule has 32 heavy (non-hydrogen) atoms. The molecule has 0 amide bonds. The predicted octanol–water partition coefficient (Wildman–Crippen LogP) is 6.31. The van der Waals surface area contributed by atoms with Gasteiger partial charge in [0.2, 0.25) is 0 Å². The number of nitrogens with zero attached hydrogens (tertiary/aromatic N) is 1. The zero-order valence-corrected chi connectivity index (χ0v) is 17.8. The first kappa shape index (κ1) is 20.1. The Bertz CT molecular complexity index is 1400. The highest BCUT2D eigenvalue weighted by molar-refractivity contribution is 6.35. The highest BCUT2D eigenvalue weighted by atomic mass is 35.5. The molecule has 0 spiro atoms. The van der Waals surface area contributed by atoms with E-state index >= 15 is 0 Å². The fraction of sp³-hybridized carbons (Fsp3) is 0.0769. The normalized spacial score (nSPS) is 11.0. The Labute approximate surface area is 189 Å². The highest BCUT2D eigenvalue weighted by Crippen LogP contribution is 2.32. The van der Waals surface area contributed by atoms with Crippen molar-refractivity contribution in [3.05, 3.63) is 107 Å². The lowest BCUT2D eigenvalue weighted by molar-refractivity contribution is 0.0466. The summed E-state index contributed by atoms with van der Waals surface area (Å²) in [6, 6.07) is 27.0. The fourth-order valence-electron chi connectivity index (χ4n) is 3.57. The molecule has 5 rings (SSSR count). The molecule has 0 aliphatic rings. The molecule has 0 bridgehead atoms. The van der Waals surface area contributed by atoms with E-state index in [0.29, 0.717) is 12.1 Å². The van der Waals surface area contributed by atoms with E-state index in [0.717, 1.165) is 33.2 Å². The van der Waals surface area contributed by atoms with Crippen molar-refractivity contribution >= 4 is 39.4 Å². The number of nitrogens with one attached hydrogen (secondary N) is 1. The minimum absolute atomic E-state index is 0.170. The molecule has 0 saturated heterocycles. The monoisotopic (exact) mass is 442 g/mol. The summed E-state index contributed by atoms with van der Waals surface area (Å²) in [4.78, 5) is 20.1. The summed E-state index contributed by atoms with van der Waals surface area (Å²) >= 11 is 6.39. The van der Waals surface area contributed by atoms with Crippen molar-refractivity contribution in [3.63, 3.8) is 0 Å². The maximum absolute atomic E-state index is 12.6. The minimum Gasteiger partial charge on any atom is -0.489 e. The molecule has 0 saturated carbocycles. The van der Waals surface area contributed by atoms with Crippen molar-refractivity contribution in [1.82, 2.24) is 9.97 Å². The number of carbonyl (C=O) groups is 1. The van der Waals surface area contributed by atoms with E-state index in [-0.39, 0.29) is 17.5 Å². The quantitative estimate of drug-likeness (QED) is 0.247. The van der Waals surface area contributed by atoms with Crippen molar-refractivity contribution < 1.29 is 14.3 Å². The summed E-state index contributed by atoms with van der Waals surface area (Å²) < 4.78 is 11.3. The number of carbonyl (C=O) groups excluding carboxylic acids is 1. The average molecular weight is 443 g/mol. The number of aromatic amines is 1. The molecule has 0 aliphatic heterocycles. The number of aromatic nitrogens is 2. The molecule has 2 aromatic heterocycles. The lowest BCUT2D eigenvalue weighted by atomic mass is 10.1. The number of hydrogen-bond donors (Lipinski definition) is 1. The molecule has 5 aromatic rings. The molecule has 2 heterocycles. The summed E-state index contributed by atoms with van der Waals surface area (Å²) in [7, 11) is 0. The lowest BCUT2D eigenvalue weighted by Gasteiger charge is -2.06. The van der Waals surface area contributed by atoms with Gasteiger partial charge < -0.3 is 14.5 Å². The van der Waals surface area contributed by atoms with Gasteiger partial charge in [-0.05, 0) is 29.3 Å². The van der Waals surface area contributed by atoms with Crippen LogP contribution in [-0.2, 0) is 18.0 Å². The van der Waals surface area contributed by atoms with Crippen molar-refractivity contribution in [2.45, 2.75) is 13.2 Å². The Kier molecular flexibility index (Phi) is 5.48. The highest BCUT2D eigenvalue weighted by Gasteiger charge is 2.16. The molecule has 6 heteroatoms. The van der Waals surface area contributed by atoms with Gasteiger partial charge in [0.05, 0.1) is 11.0 Å². The second-order valence-electron chi connectivity index (χ2n) is 7.39. The summed E-state index contributed by atoms with van der Waals surface area (Å²) in [5.74, 6) is 0.217. The number of esters is 1. The smallest absolute Gasteiger partial charge is 0.357 e. The summed E-state index contributed by atoms with van der Waals surface area (Å²) in [6.45, 7) is 0.652. The first-order valence-electron chi connectivity index (χ1n) is 10.2. The Morgan fingerprint density at radius 1 is 0.844 bits per heavy atom. The van der Waals surface area contributed by atoms with Crippen LogP contribution in [-0.4, -0.2) is 15.9 Å². The van der Waals surface area contributed by atoms with Crippen LogP contribution in [0.15, 0.2) is 84.9 Å². The maximum Gasteiger partial charge on any atom is 0.357 e. The largest absolute Gasteiger partial charge is 0.489 e. The van der Waals surface area contributed by atoms with Gasteiger partial charge in [-0.15, -0.1) is 0 Å². The number of halogens is 1. The third-order valence-electron chi connectivity index (χ3n) is 5.19. The number of H-pyrrole nitrogens is 1. The van der Waals surface area contributed by atoms with Crippen molar-refractivity contribution in [2.75, 3.05) is 0 Å². The van der Waals surface area contributed by atoms with E-state index in [1.165, 1.54) is 0 Å². The first-order valence-corrected chi connectivity index (χ1v) is 10.5. The van der Waals surface area contributed by atoms with E-state index in [1.54, 1.807) is 6.07 Å². The zero-order chi connectivity index (χ0) is 21.9. The average Bonchev–Trinajstić information content (AvgIpc) is 3.21. The van der Waals surface area contributed by atoms with Crippen LogP contribution < -0.4 is 4.74 Å². The molecule has 3 aromatic carbocycles. The summed E-state index contributed by atoms with van der Waals surface area (Å²) in [6.07, 6.45) is 0. The van der Waals surface area contributed by atoms with Crippen LogP contribution in [0.5, 0.6) is 5.75 Å². The molecule has 1 N–H and O–H groups in total. The molecule has 0 radical (unpaired) electrons. The Morgan fingerprint density at radius 3 is 2.25 bits per heavy atom. The van der Waals surface area contributed by atoms with E-state index in [1.807, 2.05) is 78.9 Å². The van der Waals surface area contributed by atoms with Gasteiger partial charge in [-0.3, -0.25) is 0 Å². The van der Waals surface area contributed by atoms with Gasteiger partial charge in [0.1, 0.15) is 19.0 Å². The van der Waals surface area contributed by atoms with Crippen LogP contribution in [0.25, 0.3) is 21.8 Å². The SMILES string of the molecule is O=C(OCc1ccccc1)c1cc2c([nH]c3cc(OCc4ccccc4)ccc32)c(Cl)n1. The van der Waals surface area contributed by atoms with Crippen LogP contribution in [0.3, 0.4) is 0 Å². The van der Waals surface area contributed by atoms with Crippen molar-refractivity contribution in [2.24, 2.45) is 0 Å². The molecule has 0 atom stereocenters. The van der Waals surface area contributed by atoms with Gasteiger partial charge in [0.15, 0.2) is 10.8 Å². The van der Waals surface area contributed by atoms with Gasteiger partial charge in [0.25, 0.3) is 0 Å². The Hall–Kier alpha value is -3.83. The molecular weight excluding hydrogens is 424 g/mol.